The molecule has 1 aromatic carbocycles. The third kappa shape index (κ3) is 2.43. The topological polar surface area (TPSA) is 49.4 Å². The molecule has 2 saturated heterocycles. The number of nitrogens with one attached hydrogen (secondary N) is 1. The van der Waals surface area contributed by atoms with Crippen molar-refractivity contribution in [2.45, 2.75) is 18.6 Å². The Morgan fingerprint density at radius 1 is 1.22 bits per heavy atom. The molecule has 0 spiro atoms. The number of sulfone groups is 1. The number of hydrogen-bond donors (Lipinski definition) is 1. The Balaban J connectivity index is 1.76. The molecular weight excluding hydrogens is 248 g/mol. The van der Waals surface area contributed by atoms with Crippen LogP contribution in [-0.4, -0.2) is 50.0 Å². The normalized spacial score (nSPS) is 31.1. The molecule has 98 valence electrons. The van der Waals surface area contributed by atoms with Gasteiger partial charge in [0.2, 0.25) is 0 Å². The average Bonchev–Trinajstić information content (AvgIpc) is 2.66. The van der Waals surface area contributed by atoms with Crippen LogP contribution in [0.25, 0.3) is 0 Å². The van der Waals surface area contributed by atoms with Gasteiger partial charge in [-0.2, -0.15) is 0 Å². The van der Waals surface area contributed by atoms with Crippen molar-refractivity contribution in [2.75, 3.05) is 24.6 Å². The van der Waals surface area contributed by atoms with Crippen LogP contribution < -0.4 is 5.32 Å². The lowest BCUT2D eigenvalue weighted by Crippen LogP contribution is -2.56. The van der Waals surface area contributed by atoms with Crippen molar-refractivity contribution >= 4 is 9.84 Å². The van der Waals surface area contributed by atoms with Crippen molar-refractivity contribution < 1.29 is 8.42 Å². The second kappa shape index (κ2) is 4.64. The molecule has 1 aromatic rings. The summed E-state index contributed by atoms with van der Waals surface area (Å²) in [6, 6.07) is 10.5. The average molecular weight is 266 g/mol. The summed E-state index contributed by atoms with van der Waals surface area (Å²) in [4.78, 5) is 2.31. The van der Waals surface area contributed by atoms with Gasteiger partial charge in [-0.3, -0.25) is 4.90 Å². The van der Waals surface area contributed by atoms with Crippen LogP contribution in [0.15, 0.2) is 30.3 Å². The summed E-state index contributed by atoms with van der Waals surface area (Å²) in [6.45, 7) is 2.65. The highest BCUT2D eigenvalue weighted by molar-refractivity contribution is 7.91. The van der Waals surface area contributed by atoms with Crippen LogP contribution in [0.5, 0.6) is 0 Å². The van der Waals surface area contributed by atoms with E-state index in [1.165, 1.54) is 5.56 Å². The van der Waals surface area contributed by atoms with Gasteiger partial charge in [0.05, 0.1) is 11.5 Å². The highest BCUT2D eigenvalue weighted by atomic mass is 32.2. The minimum Gasteiger partial charge on any atom is -0.310 e. The standard InChI is InChI=1S/C13H18N2O2S/c16-18(17)9-12-13(10-18)15(7-6-14-12)8-11-4-2-1-3-5-11/h1-5,12-14H,6-10H2. The van der Waals surface area contributed by atoms with Gasteiger partial charge in [-0.1, -0.05) is 30.3 Å². The zero-order valence-corrected chi connectivity index (χ0v) is 11.1. The van der Waals surface area contributed by atoms with Crippen molar-refractivity contribution in [3.8, 4) is 0 Å². The Labute approximate surface area is 108 Å². The van der Waals surface area contributed by atoms with Crippen molar-refractivity contribution in [3.63, 3.8) is 0 Å². The molecule has 4 nitrogen and oxygen atoms in total. The van der Waals surface area contributed by atoms with E-state index in [-0.39, 0.29) is 12.1 Å². The van der Waals surface area contributed by atoms with Crippen molar-refractivity contribution in [1.29, 1.82) is 0 Å². The van der Waals surface area contributed by atoms with E-state index in [1.54, 1.807) is 0 Å². The number of rotatable bonds is 2. The zero-order chi connectivity index (χ0) is 12.6. The third-order valence-electron chi connectivity index (χ3n) is 3.83. The predicted octanol–water partition coefficient (Wildman–Crippen LogP) is 0.257. The number of benzene rings is 1. The lowest BCUT2D eigenvalue weighted by molar-refractivity contribution is 0.141. The first-order valence-electron chi connectivity index (χ1n) is 6.36. The van der Waals surface area contributed by atoms with Gasteiger partial charge in [-0.25, -0.2) is 8.42 Å². The molecule has 3 rings (SSSR count). The second-order valence-corrected chi connectivity index (χ2v) is 7.31. The second-order valence-electron chi connectivity index (χ2n) is 5.16. The smallest absolute Gasteiger partial charge is 0.153 e. The SMILES string of the molecule is O=S1(=O)CC2NCCN(Cc3ccccc3)C2C1. The molecule has 0 bridgehead atoms. The highest BCUT2D eigenvalue weighted by Gasteiger charge is 2.42. The first-order valence-corrected chi connectivity index (χ1v) is 8.18. The molecule has 2 atom stereocenters. The zero-order valence-electron chi connectivity index (χ0n) is 10.2. The Bertz CT molecular complexity index is 515. The van der Waals surface area contributed by atoms with Crippen molar-refractivity contribution in [1.82, 2.24) is 10.2 Å². The Morgan fingerprint density at radius 3 is 2.78 bits per heavy atom. The fourth-order valence-electron chi connectivity index (χ4n) is 2.96. The molecule has 0 amide bonds. The molecule has 0 saturated carbocycles. The number of piperazine rings is 1. The van der Waals surface area contributed by atoms with Crippen molar-refractivity contribution in [3.05, 3.63) is 35.9 Å². The van der Waals surface area contributed by atoms with Crippen LogP contribution >= 0.6 is 0 Å². The monoisotopic (exact) mass is 266 g/mol. The van der Waals surface area contributed by atoms with E-state index < -0.39 is 9.84 Å². The van der Waals surface area contributed by atoms with Crippen LogP contribution in [0.1, 0.15) is 5.56 Å². The molecule has 2 fully saturated rings. The lowest BCUT2D eigenvalue weighted by atomic mass is 10.1. The molecule has 2 aliphatic rings. The van der Waals surface area contributed by atoms with Crippen LogP contribution in [0.3, 0.4) is 0 Å². The number of nitrogens with zero attached hydrogens (tertiary/aromatic N) is 1. The van der Waals surface area contributed by atoms with Gasteiger partial charge in [0, 0.05) is 31.7 Å². The minimum absolute atomic E-state index is 0.118. The maximum absolute atomic E-state index is 11.7. The van der Waals surface area contributed by atoms with Crippen LogP contribution in [-0.2, 0) is 16.4 Å². The quantitative estimate of drug-likeness (QED) is 0.834. The summed E-state index contributed by atoms with van der Waals surface area (Å²) in [5, 5.41) is 3.33. The fraction of sp³-hybridized carbons (Fsp3) is 0.538. The third-order valence-corrected chi connectivity index (χ3v) is 5.54. The summed E-state index contributed by atoms with van der Waals surface area (Å²) < 4.78 is 23.5. The van der Waals surface area contributed by atoms with Crippen LogP contribution in [0.4, 0.5) is 0 Å². The fourth-order valence-corrected chi connectivity index (χ4v) is 4.94. The molecule has 1 N–H and O–H groups in total. The first-order chi connectivity index (χ1) is 8.64. The van der Waals surface area contributed by atoms with E-state index in [9.17, 15) is 8.42 Å². The number of fused-ring (bicyclic) bond motifs is 1. The number of hydrogen-bond acceptors (Lipinski definition) is 4. The molecule has 18 heavy (non-hydrogen) atoms. The summed E-state index contributed by atoms with van der Waals surface area (Å²) in [5.74, 6) is 0.598. The van der Waals surface area contributed by atoms with E-state index in [0.717, 1.165) is 19.6 Å². The molecule has 0 radical (unpaired) electrons. The van der Waals surface area contributed by atoms with Gasteiger partial charge < -0.3 is 5.32 Å². The molecule has 2 heterocycles. The van der Waals surface area contributed by atoms with Gasteiger partial charge in [-0.15, -0.1) is 0 Å². The van der Waals surface area contributed by atoms with E-state index in [0.29, 0.717) is 11.5 Å². The Hall–Kier alpha value is -0.910. The summed E-state index contributed by atoms with van der Waals surface area (Å²) in [5.41, 5.74) is 1.25. The summed E-state index contributed by atoms with van der Waals surface area (Å²) in [6.07, 6.45) is 0. The van der Waals surface area contributed by atoms with Gasteiger partial charge >= 0.3 is 0 Å². The molecular formula is C13H18N2O2S. The van der Waals surface area contributed by atoms with Gasteiger partial charge in [-0.05, 0) is 5.56 Å². The molecule has 2 aliphatic heterocycles. The van der Waals surface area contributed by atoms with Gasteiger partial charge in [0.1, 0.15) is 0 Å². The van der Waals surface area contributed by atoms with Crippen LogP contribution in [0, 0.1) is 0 Å². The molecule has 5 heteroatoms. The maximum Gasteiger partial charge on any atom is 0.153 e. The predicted molar refractivity (Wildman–Crippen MR) is 71.1 cm³/mol. The van der Waals surface area contributed by atoms with E-state index >= 15 is 0 Å². The minimum atomic E-state index is -2.86. The summed E-state index contributed by atoms with van der Waals surface area (Å²) >= 11 is 0. The van der Waals surface area contributed by atoms with Gasteiger partial charge in [0.25, 0.3) is 0 Å². The van der Waals surface area contributed by atoms with E-state index in [4.69, 9.17) is 0 Å². The summed E-state index contributed by atoms with van der Waals surface area (Å²) in [7, 11) is -2.86. The largest absolute Gasteiger partial charge is 0.310 e. The molecule has 2 unspecified atom stereocenters. The molecule has 0 aliphatic carbocycles. The van der Waals surface area contributed by atoms with E-state index in [2.05, 4.69) is 22.3 Å². The molecule has 0 aromatic heterocycles. The Kier molecular flexibility index (Phi) is 3.13. The van der Waals surface area contributed by atoms with Crippen LogP contribution in [0.2, 0.25) is 0 Å². The van der Waals surface area contributed by atoms with Crippen molar-refractivity contribution in [2.24, 2.45) is 0 Å². The Morgan fingerprint density at radius 2 is 2.00 bits per heavy atom. The first kappa shape index (κ1) is 12.1. The van der Waals surface area contributed by atoms with E-state index in [1.807, 2.05) is 18.2 Å². The lowest BCUT2D eigenvalue weighted by Gasteiger charge is -2.37. The maximum atomic E-state index is 11.7. The van der Waals surface area contributed by atoms with Gasteiger partial charge in [0.15, 0.2) is 9.84 Å². The highest BCUT2D eigenvalue weighted by Crippen LogP contribution is 2.22.